The van der Waals surface area contributed by atoms with E-state index in [0.717, 1.165) is 23.9 Å². The van der Waals surface area contributed by atoms with Crippen molar-refractivity contribution < 1.29 is 9.90 Å². The van der Waals surface area contributed by atoms with Gasteiger partial charge in [0.05, 0.1) is 15.7 Å². The minimum Gasteiger partial charge on any atom is -0.508 e. The molecule has 0 bridgehead atoms. The normalized spacial score (nSPS) is 11.4. The Morgan fingerprint density at radius 3 is 2.05 bits per heavy atom. The highest BCUT2D eigenvalue weighted by atomic mass is 35.5. The molecule has 0 aliphatic carbocycles. The lowest BCUT2D eigenvalue weighted by Crippen LogP contribution is -2.15. The predicted octanol–water partition coefficient (Wildman–Crippen LogP) is 9.50. The monoisotopic (exact) mass is 593 g/mol. The Morgan fingerprint density at radius 1 is 0.897 bits per heavy atom. The Hall–Kier alpha value is -2.81. The molecule has 0 aliphatic heterocycles. The fourth-order valence-corrected chi connectivity index (χ4v) is 5.10. The number of anilines is 1. The molecule has 210 valence electrons. The Labute approximate surface area is 243 Å². The Balaban J connectivity index is 1.69. The van der Waals surface area contributed by atoms with E-state index in [9.17, 15) is 14.7 Å². The van der Waals surface area contributed by atoms with Crippen molar-refractivity contribution in [2.75, 3.05) is 5.32 Å². The zero-order chi connectivity index (χ0) is 28.2. The van der Waals surface area contributed by atoms with Gasteiger partial charge < -0.3 is 10.4 Å². The van der Waals surface area contributed by atoms with Crippen LogP contribution < -0.4 is 10.9 Å². The number of nitrogens with zero attached hydrogens (tertiary/aromatic N) is 3. The first kappa shape index (κ1) is 30.7. The maximum Gasteiger partial charge on any atom is 0.301 e. The van der Waals surface area contributed by atoms with Crippen molar-refractivity contribution in [2.45, 2.75) is 77.6 Å². The number of rotatable bonds is 15. The van der Waals surface area contributed by atoms with E-state index in [-0.39, 0.29) is 38.9 Å². The van der Waals surface area contributed by atoms with Gasteiger partial charge in [-0.05, 0) is 42.8 Å². The van der Waals surface area contributed by atoms with Gasteiger partial charge in [0.25, 0.3) is 0 Å². The highest BCUT2D eigenvalue weighted by Crippen LogP contribution is 2.33. The molecule has 3 aromatic rings. The molecule has 1 heterocycles. The minimum absolute atomic E-state index is 0.0710. The van der Waals surface area contributed by atoms with Crippen LogP contribution in [-0.4, -0.2) is 20.8 Å². The zero-order valence-corrected chi connectivity index (χ0v) is 24.2. The van der Waals surface area contributed by atoms with Gasteiger partial charge in [-0.15, -0.1) is 5.11 Å². The van der Waals surface area contributed by atoms with Crippen LogP contribution in [0.3, 0.4) is 0 Å². The smallest absolute Gasteiger partial charge is 0.301 e. The number of benzene rings is 2. The van der Waals surface area contributed by atoms with Crippen LogP contribution in [-0.2, 0) is 4.79 Å². The number of halogens is 3. The molecule has 1 amide bonds. The second-order valence-electron chi connectivity index (χ2n) is 9.39. The number of carbonyl (C=O) groups excluding carboxylic acids is 1. The average molecular weight is 595 g/mol. The van der Waals surface area contributed by atoms with Crippen LogP contribution >= 0.6 is 34.8 Å². The third kappa shape index (κ3) is 9.41. The summed E-state index contributed by atoms with van der Waals surface area (Å²) >= 11 is 18.7. The number of azo groups is 1. The number of hydrogen-bond acceptors (Lipinski definition) is 5. The number of carbonyl (C=O) groups is 1. The van der Waals surface area contributed by atoms with Crippen molar-refractivity contribution in [2.24, 2.45) is 10.2 Å². The lowest BCUT2D eigenvalue weighted by Gasteiger charge is -2.08. The Morgan fingerprint density at radius 2 is 1.46 bits per heavy atom. The van der Waals surface area contributed by atoms with Crippen molar-refractivity contribution in [3.63, 3.8) is 0 Å². The largest absolute Gasteiger partial charge is 0.508 e. The molecule has 0 aliphatic rings. The molecule has 0 fully saturated rings. The van der Waals surface area contributed by atoms with Crippen molar-refractivity contribution in [1.29, 1.82) is 0 Å². The van der Waals surface area contributed by atoms with Gasteiger partial charge in [0.15, 0.2) is 11.5 Å². The second kappa shape index (κ2) is 15.7. The summed E-state index contributed by atoms with van der Waals surface area (Å²) in [6.45, 7) is 2.22. The van der Waals surface area contributed by atoms with Crippen LogP contribution in [0.2, 0.25) is 15.1 Å². The molecule has 3 rings (SSSR count). The second-order valence-corrected chi connectivity index (χ2v) is 10.6. The maximum atomic E-state index is 13.3. The standard InChI is InChI=1S/C28H34Cl3N5O3/c1-2-3-4-5-6-7-8-9-10-11-12-24(38)32-27-25(34-33-20-13-15-21(37)16-14-20)28(39)36(35-27)26-22(30)17-19(29)18-23(26)31/h13-18,35,37H,2-12H2,1H3,(H,32,38). The molecule has 0 radical (unpaired) electrons. The molecule has 0 unspecified atom stereocenters. The first-order valence-corrected chi connectivity index (χ1v) is 14.4. The van der Waals surface area contributed by atoms with Gasteiger partial charge in [0, 0.05) is 11.4 Å². The zero-order valence-electron chi connectivity index (χ0n) is 22.0. The summed E-state index contributed by atoms with van der Waals surface area (Å²) in [7, 11) is 0. The average Bonchev–Trinajstić information content (AvgIpc) is 3.18. The number of unbranched alkanes of at least 4 members (excludes halogenated alkanes) is 9. The lowest BCUT2D eigenvalue weighted by atomic mass is 10.1. The number of H-pyrrole nitrogens is 1. The van der Waals surface area contributed by atoms with Crippen LogP contribution in [0, 0.1) is 0 Å². The van der Waals surface area contributed by atoms with Gasteiger partial charge in [0.2, 0.25) is 5.91 Å². The van der Waals surface area contributed by atoms with Crippen molar-refractivity contribution in [1.82, 2.24) is 9.78 Å². The summed E-state index contributed by atoms with van der Waals surface area (Å²) < 4.78 is 1.10. The number of nitrogens with one attached hydrogen (secondary N) is 2. The van der Waals surface area contributed by atoms with Crippen LogP contribution in [0.4, 0.5) is 17.2 Å². The summed E-state index contributed by atoms with van der Waals surface area (Å²) in [6, 6.07) is 8.90. The number of aromatic hydroxyl groups is 1. The van der Waals surface area contributed by atoms with Crippen molar-refractivity contribution in [3.8, 4) is 11.4 Å². The van der Waals surface area contributed by atoms with E-state index in [4.69, 9.17) is 34.8 Å². The predicted molar refractivity (Wildman–Crippen MR) is 159 cm³/mol. The number of phenols is 1. The third-order valence-electron chi connectivity index (χ3n) is 6.21. The molecule has 2 aromatic carbocycles. The number of aromatic nitrogens is 2. The molecule has 8 nitrogen and oxygen atoms in total. The number of aromatic amines is 1. The molecule has 11 heteroatoms. The van der Waals surface area contributed by atoms with E-state index < -0.39 is 5.56 Å². The van der Waals surface area contributed by atoms with E-state index in [1.807, 2.05) is 0 Å². The van der Waals surface area contributed by atoms with E-state index in [1.165, 1.54) is 69.2 Å². The van der Waals surface area contributed by atoms with E-state index >= 15 is 0 Å². The first-order chi connectivity index (χ1) is 18.8. The van der Waals surface area contributed by atoms with Gasteiger partial charge in [0.1, 0.15) is 11.4 Å². The van der Waals surface area contributed by atoms with Crippen LogP contribution in [0.25, 0.3) is 5.69 Å². The highest BCUT2D eigenvalue weighted by Gasteiger charge is 2.21. The Kier molecular flexibility index (Phi) is 12.4. The first-order valence-electron chi connectivity index (χ1n) is 13.3. The fraction of sp³-hybridized carbons (Fsp3) is 0.429. The van der Waals surface area contributed by atoms with Crippen LogP contribution in [0.15, 0.2) is 51.4 Å². The highest BCUT2D eigenvalue weighted by molar-refractivity contribution is 6.40. The van der Waals surface area contributed by atoms with E-state index in [0.29, 0.717) is 17.1 Å². The van der Waals surface area contributed by atoms with Gasteiger partial charge in [-0.2, -0.15) is 5.11 Å². The molecule has 0 spiro atoms. The molecule has 0 atom stereocenters. The summed E-state index contributed by atoms with van der Waals surface area (Å²) in [5, 5.41) is 23.8. The van der Waals surface area contributed by atoms with E-state index in [2.05, 4.69) is 27.6 Å². The molecule has 1 aromatic heterocycles. The maximum absolute atomic E-state index is 13.3. The molecular weight excluding hydrogens is 561 g/mol. The van der Waals surface area contributed by atoms with Crippen molar-refractivity contribution in [3.05, 3.63) is 61.8 Å². The quantitative estimate of drug-likeness (QED) is 0.120. The third-order valence-corrected chi connectivity index (χ3v) is 7.00. The van der Waals surface area contributed by atoms with Crippen molar-refractivity contribution >= 4 is 57.9 Å². The van der Waals surface area contributed by atoms with Crippen LogP contribution in [0.5, 0.6) is 5.75 Å². The molecule has 39 heavy (non-hydrogen) atoms. The summed E-state index contributed by atoms with van der Waals surface area (Å²) in [5.41, 5.74) is -0.159. The lowest BCUT2D eigenvalue weighted by molar-refractivity contribution is -0.116. The van der Waals surface area contributed by atoms with Gasteiger partial charge >= 0.3 is 5.56 Å². The van der Waals surface area contributed by atoms with E-state index in [1.54, 1.807) is 12.1 Å². The summed E-state index contributed by atoms with van der Waals surface area (Å²) in [5.74, 6) is -0.107. The number of hydrogen-bond donors (Lipinski definition) is 3. The molecular formula is C28H34Cl3N5O3. The van der Waals surface area contributed by atoms with Gasteiger partial charge in [-0.3, -0.25) is 14.7 Å². The molecule has 0 saturated heterocycles. The number of phenolic OH excluding ortho intramolecular Hbond substituents is 1. The van der Waals surface area contributed by atoms with Gasteiger partial charge in [-0.1, -0.05) is 99.5 Å². The SMILES string of the molecule is CCCCCCCCCCCCC(=O)Nc1[nH]n(-c2c(Cl)cc(Cl)cc2Cl)c(=O)c1N=Nc1ccc(O)cc1. The summed E-state index contributed by atoms with van der Waals surface area (Å²) in [4.78, 5) is 26.1. The topological polar surface area (TPSA) is 112 Å². The number of amides is 1. The molecule has 3 N–H and O–H groups in total. The fourth-order valence-electron chi connectivity index (χ4n) is 4.12. The Bertz CT molecular complexity index is 1300. The summed E-state index contributed by atoms with van der Waals surface area (Å²) in [6.07, 6.45) is 12.0. The minimum atomic E-state index is -0.613. The van der Waals surface area contributed by atoms with Gasteiger partial charge in [-0.25, -0.2) is 4.68 Å². The van der Waals surface area contributed by atoms with Crippen LogP contribution in [0.1, 0.15) is 77.6 Å². The molecule has 0 saturated carbocycles.